The molecule has 0 aliphatic heterocycles. The van der Waals surface area contributed by atoms with Crippen molar-refractivity contribution < 1.29 is 4.79 Å². The summed E-state index contributed by atoms with van der Waals surface area (Å²) in [6.45, 7) is 2.07. The van der Waals surface area contributed by atoms with Gasteiger partial charge in [0.15, 0.2) is 0 Å². The van der Waals surface area contributed by atoms with Gasteiger partial charge in [0.05, 0.1) is 0 Å². The molecule has 2 aliphatic rings. The number of nitrogens with zero attached hydrogens (tertiary/aromatic N) is 2. The Morgan fingerprint density at radius 1 is 1.41 bits per heavy atom. The van der Waals surface area contributed by atoms with E-state index >= 15 is 0 Å². The van der Waals surface area contributed by atoms with Gasteiger partial charge in [0, 0.05) is 12.0 Å². The Hall–Kier alpha value is -1.39. The second-order valence-corrected chi connectivity index (χ2v) is 5.27. The molecule has 0 bridgehead atoms. The van der Waals surface area contributed by atoms with Gasteiger partial charge in [-0.05, 0) is 38.5 Å². The molecule has 1 unspecified atom stereocenters. The molecule has 17 heavy (non-hydrogen) atoms. The smallest absolute Gasteiger partial charge is 0.291 e. The molecule has 0 radical (unpaired) electrons. The van der Waals surface area contributed by atoms with E-state index in [0.29, 0.717) is 11.8 Å². The van der Waals surface area contributed by atoms with Crippen molar-refractivity contribution in [1.82, 2.24) is 20.5 Å². The summed E-state index contributed by atoms with van der Waals surface area (Å²) >= 11 is 0. The Balaban J connectivity index is 1.59. The lowest BCUT2D eigenvalue weighted by Gasteiger charge is -2.31. The molecule has 1 aromatic heterocycles. The molecule has 0 saturated heterocycles. The Labute approximate surface area is 100 Å². The Morgan fingerprint density at radius 3 is 2.76 bits per heavy atom. The van der Waals surface area contributed by atoms with Crippen molar-refractivity contribution >= 4 is 5.91 Å². The zero-order valence-electron chi connectivity index (χ0n) is 10.1. The van der Waals surface area contributed by atoms with Crippen LogP contribution in [-0.2, 0) is 0 Å². The van der Waals surface area contributed by atoms with Crippen LogP contribution in [0.4, 0.5) is 0 Å². The quantitative estimate of drug-likeness (QED) is 0.831. The molecule has 2 N–H and O–H groups in total. The maximum Gasteiger partial charge on any atom is 0.291 e. The Morgan fingerprint density at radius 2 is 2.18 bits per heavy atom. The van der Waals surface area contributed by atoms with E-state index in [1.165, 1.54) is 19.3 Å². The van der Waals surface area contributed by atoms with Crippen molar-refractivity contribution in [2.75, 3.05) is 0 Å². The minimum Gasteiger partial charge on any atom is -0.347 e. The van der Waals surface area contributed by atoms with Crippen LogP contribution in [0.3, 0.4) is 0 Å². The molecule has 1 atom stereocenters. The lowest BCUT2D eigenvalue weighted by Crippen LogP contribution is -2.41. The first-order valence-corrected chi connectivity index (χ1v) is 6.47. The van der Waals surface area contributed by atoms with Crippen molar-refractivity contribution in [2.24, 2.45) is 5.92 Å². The van der Waals surface area contributed by atoms with E-state index in [0.717, 1.165) is 18.7 Å². The van der Waals surface area contributed by atoms with Crippen LogP contribution in [0.25, 0.3) is 0 Å². The molecular weight excluding hydrogens is 216 g/mol. The van der Waals surface area contributed by atoms with Crippen LogP contribution in [0.1, 0.15) is 61.4 Å². The molecule has 5 nitrogen and oxygen atoms in total. The van der Waals surface area contributed by atoms with Crippen LogP contribution < -0.4 is 5.32 Å². The third-order valence-corrected chi connectivity index (χ3v) is 3.89. The largest absolute Gasteiger partial charge is 0.347 e. The number of amides is 1. The standard InChI is InChI=1S/C12H18N4O/c1-7(8-3-2-4-8)13-12(17)11-14-10(15-16-11)9-5-6-9/h7-9H,2-6H2,1H3,(H,13,17)(H,14,15,16). The van der Waals surface area contributed by atoms with Gasteiger partial charge in [-0.1, -0.05) is 6.42 Å². The van der Waals surface area contributed by atoms with Crippen molar-refractivity contribution in [3.8, 4) is 0 Å². The number of aromatic nitrogens is 3. The fraction of sp³-hybridized carbons (Fsp3) is 0.750. The monoisotopic (exact) mass is 234 g/mol. The summed E-state index contributed by atoms with van der Waals surface area (Å²) in [5.41, 5.74) is 0. The molecule has 2 fully saturated rings. The number of carbonyl (C=O) groups is 1. The van der Waals surface area contributed by atoms with Gasteiger partial charge >= 0.3 is 0 Å². The molecule has 5 heteroatoms. The number of hydrogen-bond donors (Lipinski definition) is 2. The van der Waals surface area contributed by atoms with E-state index in [1.54, 1.807) is 0 Å². The van der Waals surface area contributed by atoms with Gasteiger partial charge in [-0.2, -0.15) is 0 Å². The van der Waals surface area contributed by atoms with Crippen molar-refractivity contribution in [1.29, 1.82) is 0 Å². The molecule has 2 aliphatic carbocycles. The van der Waals surface area contributed by atoms with Crippen molar-refractivity contribution in [2.45, 2.75) is 51.0 Å². The van der Waals surface area contributed by atoms with E-state index in [4.69, 9.17) is 0 Å². The van der Waals surface area contributed by atoms with Gasteiger partial charge in [0.2, 0.25) is 5.82 Å². The Kier molecular flexibility index (Phi) is 2.61. The summed E-state index contributed by atoms with van der Waals surface area (Å²) in [5, 5.41) is 9.83. The maximum atomic E-state index is 11.9. The predicted molar refractivity (Wildman–Crippen MR) is 62.6 cm³/mol. The minimum absolute atomic E-state index is 0.146. The van der Waals surface area contributed by atoms with Crippen LogP contribution in [-0.4, -0.2) is 27.1 Å². The molecule has 1 heterocycles. The first-order valence-electron chi connectivity index (χ1n) is 6.47. The summed E-state index contributed by atoms with van der Waals surface area (Å²) in [5.74, 6) is 2.16. The average molecular weight is 234 g/mol. The second-order valence-electron chi connectivity index (χ2n) is 5.27. The lowest BCUT2D eigenvalue weighted by molar-refractivity contribution is 0.0899. The highest BCUT2D eigenvalue weighted by Crippen LogP contribution is 2.37. The molecule has 1 aromatic rings. The molecular formula is C12H18N4O. The van der Waals surface area contributed by atoms with Crippen LogP contribution >= 0.6 is 0 Å². The minimum atomic E-state index is -0.146. The van der Waals surface area contributed by atoms with E-state index in [9.17, 15) is 4.79 Å². The first kappa shape index (κ1) is 10.7. The van der Waals surface area contributed by atoms with Crippen LogP contribution in [0.15, 0.2) is 0 Å². The highest BCUT2D eigenvalue weighted by Gasteiger charge is 2.29. The first-order chi connectivity index (χ1) is 8.24. The topological polar surface area (TPSA) is 70.7 Å². The zero-order valence-corrected chi connectivity index (χ0v) is 10.1. The maximum absolute atomic E-state index is 11.9. The predicted octanol–water partition coefficient (Wildman–Crippen LogP) is 1.60. The number of aromatic amines is 1. The van der Waals surface area contributed by atoms with E-state index in [2.05, 4.69) is 27.4 Å². The number of H-pyrrole nitrogens is 1. The molecule has 92 valence electrons. The van der Waals surface area contributed by atoms with Crippen LogP contribution in [0.2, 0.25) is 0 Å². The Bertz CT molecular complexity index is 420. The highest BCUT2D eigenvalue weighted by molar-refractivity contribution is 5.90. The van der Waals surface area contributed by atoms with Gasteiger partial charge in [-0.15, -0.1) is 5.10 Å². The molecule has 1 amide bonds. The summed E-state index contributed by atoms with van der Waals surface area (Å²) in [6, 6.07) is 0.235. The second kappa shape index (κ2) is 4.13. The van der Waals surface area contributed by atoms with Crippen molar-refractivity contribution in [3.63, 3.8) is 0 Å². The van der Waals surface area contributed by atoms with Crippen LogP contribution in [0.5, 0.6) is 0 Å². The van der Waals surface area contributed by atoms with Gasteiger partial charge < -0.3 is 5.32 Å². The normalized spacial score (nSPS) is 21.9. The van der Waals surface area contributed by atoms with E-state index in [1.807, 2.05) is 0 Å². The fourth-order valence-electron chi connectivity index (χ4n) is 2.24. The average Bonchev–Trinajstić information content (AvgIpc) is 2.93. The summed E-state index contributed by atoms with van der Waals surface area (Å²) in [6.07, 6.45) is 6.06. The van der Waals surface area contributed by atoms with E-state index < -0.39 is 0 Å². The third kappa shape index (κ3) is 2.18. The number of rotatable bonds is 4. The fourth-order valence-corrected chi connectivity index (χ4v) is 2.24. The van der Waals surface area contributed by atoms with Crippen molar-refractivity contribution in [3.05, 3.63) is 11.6 Å². The van der Waals surface area contributed by atoms with E-state index in [-0.39, 0.29) is 17.8 Å². The molecule has 3 rings (SSSR count). The van der Waals surface area contributed by atoms with Crippen LogP contribution in [0, 0.1) is 5.92 Å². The van der Waals surface area contributed by atoms with Gasteiger partial charge in [-0.25, -0.2) is 4.98 Å². The highest BCUT2D eigenvalue weighted by atomic mass is 16.2. The van der Waals surface area contributed by atoms with Gasteiger partial charge in [-0.3, -0.25) is 9.89 Å². The number of nitrogens with one attached hydrogen (secondary N) is 2. The molecule has 0 aromatic carbocycles. The SMILES string of the molecule is CC(NC(=O)c1n[nH]c(C2CC2)n1)C1CCC1. The molecule has 2 saturated carbocycles. The molecule has 0 spiro atoms. The third-order valence-electron chi connectivity index (χ3n) is 3.89. The lowest BCUT2D eigenvalue weighted by atomic mass is 9.80. The summed E-state index contributed by atoms with van der Waals surface area (Å²) in [4.78, 5) is 16.1. The van der Waals surface area contributed by atoms with Gasteiger partial charge in [0.25, 0.3) is 5.91 Å². The number of carbonyl (C=O) groups excluding carboxylic acids is 1. The summed E-state index contributed by atoms with van der Waals surface area (Å²) < 4.78 is 0. The zero-order chi connectivity index (χ0) is 11.8. The van der Waals surface area contributed by atoms with Gasteiger partial charge in [0.1, 0.15) is 5.82 Å². The number of hydrogen-bond acceptors (Lipinski definition) is 3. The summed E-state index contributed by atoms with van der Waals surface area (Å²) in [7, 11) is 0.